The van der Waals surface area contributed by atoms with Crippen LogP contribution in [0.2, 0.25) is 0 Å². The monoisotopic (exact) mass is 344 g/mol. The summed E-state index contributed by atoms with van der Waals surface area (Å²) in [6.07, 6.45) is 4.02. The Morgan fingerprint density at radius 1 is 0.920 bits per heavy atom. The molecule has 0 unspecified atom stereocenters. The third-order valence-corrected chi connectivity index (χ3v) is 5.26. The Morgan fingerprint density at radius 3 is 2.32 bits per heavy atom. The zero-order valence-electron chi connectivity index (χ0n) is 14.5. The second-order valence-electron chi connectivity index (χ2n) is 6.97. The van der Waals surface area contributed by atoms with Gasteiger partial charge in [0, 0.05) is 69.7 Å². The summed E-state index contributed by atoms with van der Waals surface area (Å²) in [5, 5.41) is 3.98. The van der Waals surface area contributed by atoms with Gasteiger partial charge < -0.3 is 9.42 Å². The van der Waals surface area contributed by atoms with Crippen molar-refractivity contribution in [3.63, 3.8) is 0 Å². The van der Waals surface area contributed by atoms with Gasteiger partial charge in [-0.05, 0) is 25.0 Å². The van der Waals surface area contributed by atoms with Crippen molar-refractivity contribution in [2.24, 2.45) is 0 Å². The smallest absolute Gasteiger partial charge is 0.129 e. The number of rotatable bonds is 5. The number of aromatic nitrogens is 1. The van der Waals surface area contributed by atoms with E-state index in [2.05, 4.69) is 25.9 Å². The molecule has 5 nitrogen and oxygen atoms in total. The van der Waals surface area contributed by atoms with Crippen LogP contribution >= 0.6 is 0 Å². The van der Waals surface area contributed by atoms with Gasteiger partial charge in [0.2, 0.25) is 0 Å². The molecule has 2 saturated heterocycles. The van der Waals surface area contributed by atoms with E-state index in [-0.39, 0.29) is 5.82 Å². The van der Waals surface area contributed by atoms with Crippen LogP contribution in [0.15, 0.2) is 35.1 Å². The zero-order chi connectivity index (χ0) is 17.1. The molecular formula is C19H25FN4O. The average molecular weight is 344 g/mol. The summed E-state index contributed by atoms with van der Waals surface area (Å²) >= 11 is 0. The van der Waals surface area contributed by atoms with Crippen LogP contribution in [0, 0.1) is 5.82 Å². The lowest BCUT2D eigenvalue weighted by atomic mass is 10.1. The third-order valence-electron chi connectivity index (χ3n) is 5.26. The molecule has 0 saturated carbocycles. The summed E-state index contributed by atoms with van der Waals surface area (Å²) in [7, 11) is 0. The lowest BCUT2D eigenvalue weighted by Crippen LogP contribution is -2.45. The Kier molecular flexibility index (Phi) is 4.99. The number of halogens is 1. The zero-order valence-corrected chi connectivity index (χ0v) is 14.5. The first-order chi connectivity index (χ1) is 12.3. The molecule has 2 aliphatic rings. The molecule has 0 N–H and O–H groups in total. The van der Waals surface area contributed by atoms with Gasteiger partial charge in [-0.1, -0.05) is 11.2 Å². The lowest BCUT2D eigenvalue weighted by Gasteiger charge is -2.35. The van der Waals surface area contributed by atoms with E-state index < -0.39 is 0 Å². The molecule has 134 valence electrons. The van der Waals surface area contributed by atoms with E-state index >= 15 is 0 Å². The summed E-state index contributed by atoms with van der Waals surface area (Å²) in [4.78, 5) is 7.06. The topological polar surface area (TPSA) is 35.8 Å². The Labute approximate surface area is 148 Å². The van der Waals surface area contributed by atoms with Gasteiger partial charge >= 0.3 is 0 Å². The molecular weight excluding hydrogens is 319 g/mol. The quantitative estimate of drug-likeness (QED) is 0.833. The summed E-state index contributed by atoms with van der Waals surface area (Å²) in [5.74, 6) is -0.0746. The molecule has 0 amide bonds. The van der Waals surface area contributed by atoms with Crippen LogP contribution in [0.1, 0.15) is 24.1 Å². The Morgan fingerprint density at radius 2 is 1.64 bits per heavy atom. The van der Waals surface area contributed by atoms with Crippen molar-refractivity contribution < 1.29 is 8.91 Å². The second kappa shape index (κ2) is 7.54. The van der Waals surface area contributed by atoms with E-state index in [0.29, 0.717) is 6.54 Å². The Hall–Kier alpha value is -1.92. The maximum Gasteiger partial charge on any atom is 0.129 e. The minimum absolute atomic E-state index is 0.0746. The highest BCUT2D eigenvalue weighted by atomic mass is 19.1. The van der Waals surface area contributed by atoms with Gasteiger partial charge in [0.1, 0.15) is 12.1 Å². The predicted octanol–water partition coefficient (Wildman–Crippen LogP) is 2.73. The Balaban J connectivity index is 1.38. The maximum absolute atomic E-state index is 14.5. The highest BCUT2D eigenvalue weighted by molar-refractivity contribution is 5.54. The van der Waals surface area contributed by atoms with Gasteiger partial charge in [0.15, 0.2) is 0 Å². The molecule has 25 heavy (non-hydrogen) atoms. The molecule has 2 fully saturated rings. The average Bonchev–Trinajstić information content (AvgIpc) is 3.32. The van der Waals surface area contributed by atoms with E-state index in [9.17, 15) is 4.39 Å². The standard InChI is InChI=1S/C19H25FN4O/c20-18-4-3-5-19(24-7-1-2-8-24)17(18)15-23-11-9-22(10-12-23)14-16-6-13-25-21-16/h3-6,13H,1-2,7-12,14-15H2. The molecule has 2 aromatic rings. The van der Waals surface area contributed by atoms with Crippen LogP contribution in [0.3, 0.4) is 0 Å². The second-order valence-corrected chi connectivity index (χ2v) is 6.97. The minimum Gasteiger partial charge on any atom is -0.371 e. The van der Waals surface area contributed by atoms with Crippen LogP contribution < -0.4 is 4.90 Å². The van der Waals surface area contributed by atoms with Crippen molar-refractivity contribution in [2.75, 3.05) is 44.2 Å². The Bertz CT molecular complexity index is 677. The molecule has 0 atom stereocenters. The first-order valence-corrected chi connectivity index (χ1v) is 9.16. The molecule has 6 heteroatoms. The van der Waals surface area contributed by atoms with Gasteiger partial charge in [0.05, 0.1) is 5.69 Å². The number of anilines is 1. The predicted molar refractivity (Wildman–Crippen MR) is 94.9 cm³/mol. The number of hydrogen-bond donors (Lipinski definition) is 0. The van der Waals surface area contributed by atoms with Gasteiger partial charge in [-0.25, -0.2) is 4.39 Å². The number of hydrogen-bond acceptors (Lipinski definition) is 5. The molecule has 1 aromatic carbocycles. The molecule has 0 bridgehead atoms. The van der Waals surface area contributed by atoms with Crippen LogP contribution in [-0.2, 0) is 13.1 Å². The molecule has 0 radical (unpaired) electrons. The van der Waals surface area contributed by atoms with Crippen LogP contribution in [0.5, 0.6) is 0 Å². The van der Waals surface area contributed by atoms with Gasteiger partial charge in [-0.3, -0.25) is 9.80 Å². The van der Waals surface area contributed by atoms with E-state index in [0.717, 1.165) is 62.8 Å². The van der Waals surface area contributed by atoms with E-state index in [1.165, 1.54) is 12.8 Å². The fourth-order valence-corrected chi connectivity index (χ4v) is 3.84. The molecule has 1 aromatic heterocycles. The fraction of sp³-hybridized carbons (Fsp3) is 0.526. The lowest BCUT2D eigenvalue weighted by molar-refractivity contribution is 0.119. The van der Waals surface area contributed by atoms with Crippen LogP contribution in [-0.4, -0.2) is 54.2 Å². The SMILES string of the molecule is Fc1cccc(N2CCCC2)c1CN1CCN(Cc2ccon2)CC1. The first-order valence-electron chi connectivity index (χ1n) is 9.16. The van der Waals surface area contributed by atoms with Crippen molar-refractivity contribution in [1.82, 2.24) is 15.0 Å². The third kappa shape index (κ3) is 3.85. The molecule has 4 rings (SSSR count). The molecule has 3 heterocycles. The fourth-order valence-electron chi connectivity index (χ4n) is 3.84. The summed E-state index contributed by atoms with van der Waals surface area (Å²) in [6.45, 7) is 7.45. The summed E-state index contributed by atoms with van der Waals surface area (Å²) < 4.78 is 19.4. The van der Waals surface area contributed by atoms with Crippen molar-refractivity contribution in [2.45, 2.75) is 25.9 Å². The molecule has 2 aliphatic heterocycles. The van der Waals surface area contributed by atoms with Crippen LogP contribution in [0.25, 0.3) is 0 Å². The highest BCUT2D eigenvalue weighted by Crippen LogP contribution is 2.28. The number of nitrogens with zero attached hydrogens (tertiary/aromatic N) is 4. The van der Waals surface area contributed by atoms with E-state index in [1.807, 2.05) is 12.1 Å². The normalized spacial score (nSPS) is 19.6. The largest absolute Gasteiger partial charge is 0.371 e. The van der Waals surface area contributed by atoms with E-state index in [4.69, 9.17) is 4.52 Å². The number of benzene rings is 1. The maximum atomic E-state index is 14.5. The highest BCUT2D eigenvalue weighted by Gasteiger charge is 2.22. The minimum atomic E-state index is -0.0746. The van der Waals surface area contributed by atoms with Crippen LogP contribution in [0.4, 0.5) is 10.1 Å². The summed E-state index contributed by atoms with van der Waals surface area (Å²) in [6, 6.07) is 7.41. The molecule has 0 aliphatic carbocycles. The van der Waals surface area contributed by atoms with Crippen molar-refractivity contribution >= 4 is 5.69 Å². The van der Waals surface area contributed by atoms with Gasteiger partial charge in [0.25, 0.3) is 0 Å². The number of piperazine rings is 1. The van der Waals surface area contributed by atoms with Crippen molar-refractivity contribution in [1.29, 1.82) is 0 Å². The van der Waals surface area contributed by atoms with Gasteiger partial charge in [-0.15, -0.1) is 0 Å². The van der Waals surface area contributed by atoms with E-state index in [1.54, 1.807) is 12.3 Å². The van der Waals surface area contributed by atoms with Gasteiger partial charge in [-0.2, -0.15) is 0 Å². The molecule has 0 spiro atoms. The first kappa shape index (κ1) is 16.5. The summed E-state index contributed by atoms with van der Waals surface area (Å²) in [5.41, 5.74) is 2.91. The van der Waals surface area contributed by atoms with Crippen molar-refractivity contribution in [3.8, 4) is 0 Å². The van der Waals surface area contributed by atoms with Crippen molar-refractivity contribution in [3.05, 3.63) is 47.6 Å².